The maximum Gasteiger partial charge on any atom is 0.263 e. The van der Waals surface area contributed by atoms with Crippen molar-refractivity contribution in [3.05, 3.63) is 46.2 Å². The van der Waals surface area contributed by atoms with E-state index in [9.17, 15) is 4.79 Å². The lowest BCUT2D eigenvalue weighted by Gasteiger charge is -2.20. The Kier molecular flexibility index (Phi) is 3.94. The average molecular weight is 314 g/mol. The normalized spacial score (nSPS) is 12.7. The van der Waals surface area contributed by atoms with Gasteiger partial charge in [-0.2, -0.15) is 0 Å². The lowest BCUT2D eigenvalue weighted by Crippen LogP contribution is -2.32. The summed E-state index contributed by atoms with van der Waals surface area (Å²) < 4.78 is 0. The first-order chi connectivity index (χ1) is 10.6. The van der Waals surface area contributed by atoms with Crippen molar-refractivity contribution in [2.75, 3.05) is 0 Å². The van der Waals surface area contributed by atoms with Gasteiger partial charge in [0.15, 0.2) is 0 Å². The third-order valence-corrected chi connectivity index (χ3v) is 4.53. The number of amides is 1. The minimum absolute atomic E-state index is 0.0980. The number of carbonyl (C=O) groups is 1. The molecule has 0 saturated heterocycles. The van der Waals surface area contributed by atoms with Gasteiger partial charge in [-0.1, -0.05) is 26.0 Å². The van der Waals surface area contributed by atoms with Crippen molar-refractivity contribution in [1.29, 1.82) is 0 Å². The van der Waals surface area contributed by atoms with Crippen LogP contribution < -0.4 is 5.32 Å². The van der Waals surface area contributed by atoms with Crippen LogP contribution in [0.4, 0.5) is 0 Å². The number of nitrogens with zero attached hydrogens (tertiary/aromatic N) is 2. The molecular weight excluding hydrogens is 296 g/mol. The topological polar surface area (TPSA) is 70.7 Å². The molecule has 1 atom stereocenters. The fourth-order valence-corrected chi connectivity index (χ4v) is 3.10. The monoisotopic (exact) mass is 314 g/mol. The number of aromatic nitrogens is 3. The molecule has 0 fully saturated rings. The Bertz CT molecular complexity index is 772. The highest BCUT2D eigenvalue weighted by Crippen LogP contribution is 2.23. The molecule has 2 aromatic heterocycles. The summed E-state index contributed by atoms with van der Waals surface area (Å²) >= 11 is 1.36. The van der Waals surface area contributed by atoms with Gasteiger partial charge in [0, 0.05) is 0 Å². The van der Waals surface area contributed by atoms with Crippen molar-refractivity contribution in [2.24, 2.45) is 5.92 Å². The Morgan fingerprint density at radius 3 is 2.73 bits per heavy atom. The van der Waals surface area contributed by atoms with Crippen LogP contribution in [-0.4, -0.2) is 20.9 Å². The molecule has 0 bridgehead atoms. The molecule has 1 aromatic carbocycles. The number of fused-ring (bicyclic) bond motifs is 1. The van der Waals surface area contributed by atoms with Gasteiger partial charge in [-0.3, -0.25) is 4.79 Å². The summed E-state index contributed by atoms with van der Waals surface area (Å²) in [6.07, 6.45) is 0. The number of hydrogen-bond donors (Lipinski definition) is 2. The van der Waals surface area contributed by atoms with Crippen molar-refractivity contribution >= 4 is 28.3 Å². The molecule has 0 aliphatic carbocycles. The summed E-state index contributed by atoms with van der Waals surface area (Å²) in [6.45, 7) is 5.98. The second-order valence-electron chi connectivity index (χ2n) is 5.60. The number of aryl methyl sites for hydroxylation is 1. The van der Waals surface area contributed by atoms with Crippen LogP contribution in [-0.2, 0) is 0 Å². The summed E-state index contributed by atoms with van der Waals surface area (Å²) in [6, 6.07) is 7.70. The lowest BCUT2D eigenvalue weighted by atomic mass is 10.0. The van der Waals surface area contributed by atoms with E-state index in [0.29, 0.717) is 4.88 Å². The third kappa shape index (κ3) is 2.74. The summed E-state index contributed by atoms with van der Waals surface area (Å²) in [5, 5.41) is 3.07. The predicted octanol–water partition coefficient (Wildman–Crippen LogP) is 3.45. The highest BCUT2D eigenvalue weighted by molar-refractivity contribution is 7.11. The highest BCUT2D eigenvalue weighted by Gasteiger charge is 2.23. The Balaban J connectivity index is 1.90. The van der Waals surface area contributed by atoms with E-state index in [-0.39, 0.29) is 17.9 Å². The average Bonchev–Trinajstić information content (AvgIpc) is 3.09. The Morgan fingerprint density at radius 2 is 2.09 bits per heavy atom. The maximum absolute atomic E-state index is 12.4. The van der Waals surface area contributed by atoms with Crippen LogP contribution in [0.2, 0.25) is 0 Å². The molecular formula is C16H18N4OS. The molecule has 2 N–H and O–H groups in total. The maximum atomic E-state index is 12.4. The van der Waals surface area contributed by atoms with Crippen LogP contribution in [0.25, 0.3) is 11.0 Å². The summed E-state index contributed by atoms with van der Waals surface area (Å²) in [5.74, 6) is 0.906. The number of carbonyl (C=O) groups excluding carboxylic acids is 1. The number of para-hydroxylation sites is 2. The second-order valence-corrected chi connectivity index (χ2v) is 6.46. The molecule has 0 aliphatic rings. The zero-order chi connectivity index (χ0) is 15.7. The van der Waals surface area contributed by atoms with E-state index in [4.69, 9.17) is 0 Å². The van der Waals surface area contributed by atoms with Gasteiger partial charge >= 0.3 is 0 Å². The quantitative estimate of drug-likeness (QED) is 0.775. The standard InChI is InChI=1S/C16H18N4OS/c1-9(2)13(20-16(21)14-10(3)17-8-22-14)15-18-11-6-4-5-7-12(11)19-15/h4-9,13H,1-3H3,(H,18,19)(H,20,21). The number of hydrogen-bond acceptors (Lipinski definition) is 4. The van der Waals surface area contributed by atoms with Gasteiger partial charge in [-0.15, -0.1) is 11.3 Å². The number of thiazole rings is 1. The summed E-state index contributed by atoms with van der Waals surface area (Å²) in [5.41, 5.74) is 4.34. The first-order valence-electron chi connectivity index (χ1n) is 7.22. The fourth-order valence-electron chi connectivity index (χ4n) is 2.40. The molecule has 1 unspecified atom stereocenters. The van der Waals surface area contributed by atoms with Gasteiger partial charge in [0.2, 0.25) is 0 Å². The van der Waals surface area contributed by atoms with Crippen molar-refractivity contribution in [2.45, 2.75) is 26.8 Å². The summed E-state index contributed by atoms with van der Waals surface area (Å²) in [7, 11) is 0. The number of nitrogens with one attached hydrogen (secondary N) is 2. The van der Waals surface area contributed by atoms with Crippen LogP contribution in [0.1, 0.15) is 41.1 Å². The van der Waals surface area contributed by atoms with Crippen LogP contribution in [0, 0.1) is 12.8 Å². The smallest absolute Gasteiger partial charge is 0.263 e. The van der Waals surface area contributed by atoms with E-state index < -0.39 is 0 Å². The Labute approximate surface area is 132 Å². The SMILES string of the molecule is Cc1ncsc1C(=O)NC(c1nc2ccccc2[nH]1)C(C)C. The van der Waals surface area contributed by atoms with Crippen molar-refractivity contribution in [3.8, 4) is 0 Å². The van der Waals surface area contributed by atoms with Crippen molar-refractivity contribution < 1.29 is 4.79 Å². The van der Waals surface area contributed by atoms with Gasteiger partial charge < -0.3 is 10.3 Å². The first-order valence-corrected chi connectivity index (χ1v) is 8.10. The number of aromatic amines is 1. The van der Waals surface area contributed by atoms with E-state index >= 15 is 0 Å². The van der Waals surface area contributed by atoms with Crippen LogP contribution in [0.15, 0.2) is 29.8 Å². The molecule has 6 heteroatoms. The Hall–Kier alpha value is -2.21. The molecule has 3 aromatic rings. The van der Waals surface area contributed by atoms with Gasteiger partial charge in [0.05, 0.1) is 28.3 Å². The summed E-state index contributed by atoms with van der Waals surface area (Å²) in [4.78, 5) is 25.1. The first kappa shape index (κ1) is 14.7. The van der Waals surface area contributed by atoms with Gasteiger partial charge in [0.1, 0.15) is 10.7 Å². The van der Waals surface area contributed by atoms with Gasteiger partial charge in [-0.25, -0.2) is 9.97 Å². The molecule has 0 spiro atoms. The molecule has 0 radical (unpaired) electrons. The largest absolute Gasteiger partial charge is 0.341 e. The number of benzene rings is 1. The molecule has 3 rings (SSSR count). The molecule has 5 nitrogen and oxygen atoms in total. The minimum Gasteiger partial charge on any atom is -0.341 e. The van der Waals surface area contributed by atoms with Crippen molar-refractivity contribution in [1.82, 2.24) is 20.3 Å². The zero-order valence-corrected chi connectivity index (χ0v) is 13.6. The molecule has 22 heavy (non-hydrogen) atoms. The number of rotatable bonds is 4. The predicted molar refractivity (Wildman–Crippen MR) is 88.0 cm³/mol. The second kappa shape index (κ2) is 5.88. The van der Waals surface area contributed by atoms with Crippen LogP contribution in [0.5, 0.6) is 0 Å². The lowest BCUT2D eigenvalue weighted by molar-refractivity contribution is 0.0926. The molecule has 1 amide bonds. The zero-order valence-electron chi connectivity index (χ0n) is 12.8. The van der Waals surface area contributed by atoms with Gasteiger partial charge in [-0.05, 0) is 25.0 Å². The molecule has 0 saturated carbocycles. The van der Waals surface area contributed by atoms with E-state index in [2.05, 4.69) is 34.1 Å². The van der Waals surface area contributed by atoms with E-state index in [1.807, 2.05) is 31.2 Å². The molecule has 2 heterocycles. The minimum atomic E-state index is -0.165. The van der Waals surface area contributed by atoms with Crippen LogP contribution in [0.3, 0.4) is 0 Å². The van der Waals surface area contributed by atoms with Crippen molar-refractivity contribution in [3.63, 3.8) is 0 Å². The fraction of sp³-hybridized carbons (Fsp3) is 0.312. The number of H-pyrrole nitrogens is 1. The van der Waals surface area contributed by atoms with Gasteiger partial charge in [0.25, 0.3) is 5.91 Å². The molecule has 0 aliphatic heterocycles. The number of imidazole rings is 1. The van der Waals surface area contributed by atoms with E-state index in [0.717, 1.165) is 22.6 Å². The molecule has 114 valence electrons. The van der Waals surface area contributed by atoms with Crippen LogP contribution >= 0.6 is 11.3 Å². The van der Waals surface area contributed by atoms with E-state index in [1.165, 1.54) is 11.3 Å². The third-order valence-electron chi connectivity index (χ3n) is 3.61. The highest BCUT2D eigenvalue weighted by atomic mass is 32.1. The Morgan fingerprint density at radius 1 is 1.32 bits per heavy atom. The van der Waals surface area contributed by atoms with E-state index in [1.54, 1.807) is 5.51 Å².